The van der Waals surface area contributed by atoms with Crippen LogP contribution in [0.1, 0.15) is 18.4 Å². The zero-order chi connectivity index (χ0) is 15.6. The van der Waals surface area contributed by atoms with E-state index in [9.17, 15) is 4.39 Å². The van der Waals surface area contributed by atoms with E-state index in [1.54, 1.807) is 6.21 Å². The number of rotatable bonds is 3. The molecule has 0 unspecified atom stereocenters. The maximum Gasteiger partial charge on any atom is 0.231 e. The number of hydrogen-bond donors (Lipinski definition) is 0. The predicted octanol–water partition coefficient (Wildman–Crippen LogP) is 3.91. The molecule has 23 heavy (non-hydrogen) atoms. The molecule has 1 fully saturated rings. The van der Waals surface area contributed by atoms with Gasteiger partial charge in [-0.15, -0.1) is 0 Å². The molecule has 0 bridgehead atoms. The van der Waals surface area contributed by atoms with E-state index in [0.717, 1.165) is 42.9 Å². The van der Waals surface area contributed by atoms with Crippen LogP contribution in [0, 0.1) is 5.82 Å². The van der Waals surface area contributed by atoms with Crippen LogP contribution in [0.2, 0.25) is 0 Å². The largest absolute Gasteiger partial charge is 0.454 e. The molecule has 0 aromatic heterocycles. The van der Waals surface area contributed by atoms with Gasteiger partial charge in [-0.3, -0.25) is 4.99 Å². The Labute approximate surface area is 134 Å². The van der Waals surface area contributed by atoms with Crippen molar-refractivity contribution in [3.63, 3.8) is 0 Å². The molecular formula is C18H17FN2O2. The molecule has 0 radical (unpaired) electrons. The van der Waals surface area contributed by atoms with Crippen molar-refractivity contribution in [2.45, 2.75) is 12.8 Å². The maximum atomic E-state index is 14.3. The number of anilines is 1. The molecule has 2 heterocycles. The molecule has 118 valence electrons. The highest BCUT2D eigenvalue weighted by molar-refractivity contribution is 5.83. The quantitative estimate of drug-likeness (QED) is 0.806. The number of ether oxygens (including phenoxy) is 2. The highest BCUT2D eigenvalue weighted by Gasteiger charge is 2.16. The molecule has 2 aliphatic heterocycles. The second kappa shape index (κ2) is 5.91. The third kappa shape index (κ3) is 2.86. The molecule has 0 saturated carbocycles. The van der Waals surface area contributed by atoms with Gasteiger partial charge in [0.2, 0.25) is 6.79 Å². The first-order valence-corrected chi connectivity index (χ1v) is 7.78. The Balaban J connectivity index is 1.53. The number of halogens is 1. The average molecular weight is 312 g/mol. The molecule has 0 amide bonds. The van der Waals surface area contributed by atoms with Crippen LogP contribution in [0.5, 0.6) is 11.5 Å². The lowest BCUT2D eigenvalue weighted by Gasteiger charge is -2.18. The molecule has 4 rings (SSSR count). The van der Waals surface area contributed by atoms with Gasteiger partial charge in [0.15, 0.2) is 11.5 Å². The summed E-state index contributed by atoms with van der Waals surface area (Å²) in [5, 5.41) is 0. The van der Waals surface area contributed by atoms with E-state index in [4.69, 9.17) is 9.47 Å². The standard InChI is InChI=1S/C18H17FN2O2/c19-15-9-13(3-5-16(15)21-7-1-2-8-21)11-20-14-4-6-17-18(10-14)23-12-22-17/h3-6,9-11H,1-2,7-8,12H2. The fourth-order valence-electron chi connectivity index (χ4n) is 2.93. The van der Waals surface area contributed by atoms with Gasteiger partial charge < -0.3 is 14.4 Å². The van der Waals surface area contributed by atoms with Gasteiger partial charge in [-0.2, -0.15) is 0 Å². The highest BCUT2D eigenvalue weighted by atomic mass is 19.1. The van der Waals surface area contributed by atoms with E-state index in [0.29, 0.717) is 11.4 Å². The third-order valence-electron chi connectivity index (χ3n) is 4.14. The summed E-state index contributed by atoms with van der Waals surface area (Å²) in [6.07, 6.45) is 3.92. The maximum absolute atomic E-state index is 14.3. The van der Waals surface area contributed by atoms with Gasteiger partial charge in [0.1, 0.15) is 5.82 Å². The number of nitrogens with zero attached hydrogens (tertiary/aromatic N) is 2. The fraction of sp³-hybridized carbons (Fsp3) is 0.278. The van der Waals surface area contributed by atoms with Crippen LogP contribution in [-0.2, 0) is 0 Å². The number of aliphatic imine (C=N–C) groups is 1. The monoisotopic (exact) mass is 312 g/mol. The topological polar surface area (TPSA) is 34.1 Å². The first kappa shape index (κ1) is 14.1. The van der Waals surface area contributed by atoms with Gasteiger partial charge in [0.25, 0.3) is 0 Å². The molecule has 0 spiro atoms. The summed E-state index contributed by atoms with van der Waals surface area (Å²) in [5.74, 6) is 1.22. The Morgan fingerprint density at radius 1 is 1.00 bits per heavy atom. The van der Waals surface area contributed by atoms with Gasteiger partial charge in [-0.05, 0) is 42.7 Å². The van der Waals surface area contributed by atoms with Crippen molar-refractivity contribution in [3.8, 4) is 11.5 Å². The molecule has 5 heteroatoms. The molecule has 2 aromatic carbocycles. The normalized spacial score (nSPS) is 16.5. The molecular weight excluding hydrogens is 295 g/mol. The lowest BCUT2D eigenvalue weighted by molar-refractivity contribution is 0.174. The van der Waals surface area contributed by atoms with Crippen LogP contribution >= 0.6 is 0 Å². The van der Waals surface area contributed by atoms with Crippen molar-refractivity contribution in [2.24, 2.45) is 4.99 Å². The van der Waals surface area contributed by atoms with Gasteiger partial charge in [0.05, 0.1) is 11.4 Å². The average Bonchev–Trinajstić information content (AvgIpc) is 3.24. The molecule has 2 aromatic rings. The zero-order valence-electron chi connectivity index (χ0n) is 12.7. The Bertz CT molecular complexity index is 755. The van der Waals surface area contributed by atoms with Crippen molar-refractivity contribution in [1.29, 1.82) is 0 Å². The molecule has 0 aliphatic carbocycles. The van der Waals surface area contributed by atoms with Crippen LogP contribution in [0.25, 0.3) is 0 Å². The first-order chi connectivity index (χ1) is 11.3. The molecule has 1 saturated heterocycles. The smallest absolute Gasteiger partial charge is 0.231 e. The predicted molar refractivity (Wildman–Crippen MR) is 87.7 cm³/mol. The zero-order valence-corrected chi connectivity index (χ0v) is 12.7. The third-order valence-corrected chi connectivity index (χ3v) is 4.14. The number of hydrogen-bond acceptors (Lipinski definition) is 4. The van der Waals surface area contributed by atoms with Crippen molar-refractivity contribution in [2.75, 3.05) is 24.8 Å². The SMILES string of the molecule is Fc1cc(C=Nc2ccc3c(c2)OCO3)ccc1N1CCCC1. The second-order valence-corrected chi connectivity index (χ2v) is 5.70. The minimum atomic E-state index is -0.193. The fourth-order valence-corrected chi connectivity index (χ4v) is 2.93. The number of fused-ring (bicyclic) bond motifs is 1. The van der Waals surface area contributed by atoms with Gasteiger partial charge in [-0.1, -0.05) is 6.07 Å². The summed E-state index contributed by atoms with van der Waals surface area (Å²) in [4.78, 5) is 6.47. The Morgan fingerprint density at radius 2 is 1.83 bits per heavy atom. The van der Waals surface area contributed by atoms with Crippen LogP contribution in [-0.4, -0.2) is 26.1 Å². The summed E-state index contributed by atoms with van der Waals surface area (Å²) in [7, 11) is 0. The summed E-state index contributed by atoms with van der Waals surface area (Å²) >= 11 is 0. The summed E-state index contributed by atoms with van der Waals surface area (Å²) in [6.45, 7) is 2.11. The van der Waals surface area contributed by atoms with E-state index in [2.05, 4.69) is 9.89 Å². The van der Waals surface area contributed by atoms with Crippen LogP contribution < -0.4 is 14.4 Å². The van der Waals surface area contributed by atoms with Crippen LogP contribution in [0.15, 0.2) is 41.4 Å². The molecule has 0 atom stereocenters. The Morgan fingerprint density at radius 3 is 2.65 bits per heavy atom. The highest BCUT2D eigenvalue weighted by Crippen LogP contribution is 2.35. The minimum absolute atomic E-state index is 0.193. The van der Waals surface area contributed by atoms with Gasteiger partial charge >= 0.3 is 0 Å². The Hall–Kier alpha value is -2.56. The van der Waals surface area contributed by atoms with Crippen molar-refractivity contribution < 1.29 is 13.9 Å². The van der Waals surface area contributed by atoms with E-state index < -0.39 is 0 Å². The van der Waals surface area contributed by atoms with E-state index in [1.807, 2.05) is 30.3 Å². The van der Waals surface area contributed by atoms with Crippen LogP contribution in [0.3, 0.4) is 0 Å². The number of benzene rings is 2. The van der Waals surface area contributed by atoms with E-state index >= 15 is 0 Å². The van der Waals surface area contributed by atoms with Gasteiger partial charge in [0, 0.05) is 25.4 Å². The minimum Gasteiger partial charge on any atom is -0.454 e. The first-order valence-electron chi connectivity index (χ1n) is 7.78. The van der Waals surface area contributed by atoms with Crippen molar-refractivity contribution >= 4 is 17.6 Å². The van der Waals surface area contributed by atoms with E-state index in [1.165, 1.54) is 6.07 Å². The Kier molecular flexibility index (Phi) is 3.61. The summed E-state index contributed by atoms with van der Waals surface area (Å²) in [6, 6.07) is 10.7. The molecule has 2 aliphatic rings. The summed E-state index contributed by atoms with van der Waals surface area (Å²) in [5.41, 5.74) is 2.17. The molecule has 0 N–H and O–H groups in total. The van der Waals surface area contributed by atoms with Crippen molar-refractivity contribution in [1.82, 2.24) is 0 Å². The van der Waals surface area contributed by atoms with Gasteiger partial charge in [-0.25, -0.2) is 4.39 Å². The second-order valence-electron chi connectivity index (χ2n) is 5.70. The molecule has 4 nitrogen and oxygen atoms in total. The van der Waals surface area contributed by atoms with E-state index in [-0.39, 0.29) is 12.6 Å². The lowest BCUT2D eigenvalue weighted by Crippen LogP contribution is -2.18. The lowest BCUT2D eigenvalue weighted by atomic mass is 10.2. The van der Waals surface area contributed by atoms with Crippen LogP contribution in [0.4, 0.5) is 15.8 Å². The van der Waals surface area contributed by atoms with Crippen molar-refractivity contribution in [3.05, 3.63) is 47.8 Å². The summed E-state index contributed by atoms with van der Waals surface area (Å²) < 4.78 is 24.9.